The van der Waals surface area contributed by atoms with Crippen LogP contribution in [0, 0.1) is 23.7 Å². The first-order chi connectivity index (χ1) is 14.0. The summed E-state index contributed by atoms with van der Waals surface area (Å²) in [4.78, 5) is 14.0. The van der Waals surface area contributed by atoms with Crippen molar-refractivity contribution in [1.82, 2.24) is 4.90 Å². The number of hydrogen-bond donors (Lipinski definition) is 2. The zero-order chi connectivity index (χ0) is 20.8. The smallest absolute Gasteiger partial charge is 0.222 e. The summed E-state index contributed by atoms with van der Waals surface area (Å²) in [6, 6.07) is 0. The van der Waals surface area contributed by atoms with Gasteiger partial charge in [-0.2, -0.15) is 0 Å². The van der Waals surface area contributed by atoms with Crippen molar-refractivity contribution in [3.8, 4) is 0 Å². The second kappa shape index (κ2) is 10.8. The minimum absolute atomic E-state index is 0.175. The van der Waals surface area contributed by atoms with Gasteiger partial charge in [-0.05, 0) is 76.5 Å². The highest BCUT2D eigenvalue weighted by atomic mass is 16.3. The molecule has 0 spiro atoms. The maximum atomic E-state index is 12.1. The fourth-order valence-electron chi connectivity index (χ4n) is 5.85. The second-order valence-electron chi connectivity index (χ2n) is 9.43. The standard InChI is InChI=1S/C25H41NO3/c1-3-26(4-2)25(29)12-8-5-9-18-15-20-17-24(28)21(22(20)16-18)13-14-23(27)19-10-6-7-11-19/h13-15,19-24,27-28H,3-12,16-17H2,1-2H3/t20-,21+,22-,23+,24+/m0/s1. The van der Waals surface area contributed by atoms with E-state index >= 15 is 0 Å². The van der Waals surface area contributed by atoms with Crippen molar-refractivity contribution in [3.05, 3.63) is 23.8 Å². The monoisotopic (exact) mass is 403 g/mol. The highest BCUT2D eigenvalue weighted by molar-refractivity contribution is 5.76. The third kappa shape index (κ3) is 5.73. The molecular formula is C25H41NO3. The number of fused-ring (bicyclic) bond motifs is 1. The van der Waals surface area contributed by atoms with Gasteiger partial charge in [-0.1, -0.05) is 36.6 Å². The topological polar surface area (TPSA) is 60.8 Å². The Bertz CT molecular complexity index is 589. The first-order valence-electron chi connectivity index (χ1n) is 12.0. The molecule has 2 N–H and O–H groups in total. The molecule has 4 heteroatoms. The summed E-state index contributed by atoms with van der Waals surface area (Å²) < 4.78 is 0. The molecule has 0 unspecified atom stereocenters. The van der Waals surface area contributed by atoms with Gasteiger partial charge in [0.15, 0.2) is 0 Å². The summed E-state index contributed by atoms with van der Waals surface area (Å²) in [6.07, 6.45) is 16.3. The van der Waals surface area contributed by atoms with Gasteiger partial charge in [0.2, 0.25) is 5.91 Å². The van der Waals surface area contributed by atoms with E-state index in [-0.39, 0.29) is 24.0 Å². The van der Waals surface area contributed by atoms with Gasteiger partial charge in [-0.25, -0.2) is 0 Å². The van der Waals surface area contributed by atoms with Crippen molar-refractivity contribution < 1.29 is 15.0 Å². The number of amides is 1. The Kier molecular flexibility index (Phi) is 8.37. The highest BCUT2D eigenvalue weighted by Crippen LogP contribution is 2.48. The predicted molar refractivity (Wildman–Crippen MR) is 117 cm³/mol. The lowest BCUT2D eigenvalue weighted by molar-refractivity contribution is -0.130. The lowest BCUT2D eigenvalue weighted by Gasteiger charge is -2.20. The van der Waals surface area contributed by atoms with Crippen LogP contribution in [0.5, 0.6) is 0 Å². The largest absolute Gasteiger partial charge is 0.392 e. The number of allylic oxidation sites excluding steroid dienone is 2. The van der Waals surface area contributed by atoms with E-state index in [9.17, 15) is 15.0 Å². The number of carbonyl (C=O) groups excluding carboxylic acids is 1. The number of hydrogen-bond acceptors (Lipinski definition) is 3. The van der Waals surface area contributed by atoms with Gasteiger partial charge in [0.25, 0.3) is 0 Å². The van der Waals surface area contributed by atoms with Crippen LogP contribution in [0.2, 0.25) is 0 Å². The predicted octanol–water partition coefficient (Wildman–Crippen LogP) is 4.47. The van der Waals surface area contributed by atoms with Crippen LogP contribution in [0.4, 0.5) is 0 Å². The summed E-state index contributed by atoms with van der Waals surface area (Å²) in [6.45, 7) is 5.68. The Labute approximate surface area is 177 Å². The summed E-state index contributed by atoms with van der Waals surface area (Å²) >= 11 is 0. The third-order valence-electron chi connectivity index (χ3n) is 7.62. The van der Waals surface area contributed by atoms with Crippen LogP contribution in [0.25, 0.3) is 0 Å². The van der Waals surface area contributed by atoms with E-state index in [2.05, 4.69) is 12.2 Å². The van der Waals surface area contributed by atoms with E-state index in [1.54, 1.807) is 0 Å². The summed E-state index contributed by atoms with van der Waals surface area (Å²) in [5.74, 6) is 1.84. The number of rotatable bonds is 10. The first kappa shape index (κ1) is 22.6. The number of aliphatic hydroxyl groups excluding tert-OH is 2. The average molecular weight is 404 g/mol. The van der Waals surface area contributed by atoms with E-state index in [4.69, 9.17) is 0 Å². The van der Waals surface area contributed by atoms with Gasteiger partial charge in [-0.15, -0.1) is 0 Å². The second-order valence-corrected chi connectivity index (χ2v) is 9.43. The number of aliphatic hydroxyl groups is 2. The number of unbranched alkanes of at least 4 members (excludes halogenated alkanes) is 1. The summed E-state index contributed by atoms with van der Waals surface area (Å²) in [5, 5.41) is 21.0. The van der Waals surface area contributed by atoms with E-state index in [0.29, 0.717) is 24.2 Å². The molecule has 5 atom stereocenters. The molecule has 3 aliphatic carbocycles. The fraction of sp³-hybridized carbons (Fsp3) is 0.800. The van der Waals surface area contributed by atoms with Crippen molar-refractivity contribution in [2.75, 3.05) is 13.1 Å². The minimum atomic E-state index is -0.346. The third-order valence-corrected chi connectivity index (χ3v) is 7.62. The van der Waals surface area contributed by atoms with E-state index in [1.807, 2.05) is 24.8 Å². The Hall–Kier alpha value is -1.13. The van der Waals surface area contributed by atoms with Crippen LogP contribution in [0.15, 0.2) is 23.8 Å². The zero-order valence-corrected chi connectivity index (χ0v) is 18.4. The van der Waals surface area contributed by atoms with Crippen LogP contribution >= 0.6 is 0 Å². The Morgan fingerprint density at radius 3 is 2.66 bits per heavy atom. The molecule has 4 nitrogen and oxygen atoms in total. The Balaban J connectivity index is 1.43. The van der Waals surface area contributed by atoms with Crippen molar-refractivity contribution in [2.45, 2.75) is 90.3 Å². The van der Waals surface area contributed by atoms with Gasteiger partial charge in [0.1, 0.15) is 0 Å². The van der Waals surface area contributed by atoms with E-state index in [0.717, 1.165) is 58.0 Å². The summed E-state index contributed by atoms with van der Waals surface area (Å²) in [7, 11) is 0. The molecule has 1 amide bonds. The van der Waals surface area contributed by atoms with Crippen LogP contribution in [-0.2, 0) is 4.79 Å². The number of nitrogens with zero attached hydrogens (tertiary/aromatic N) is 1. The SMILES string of the molecule is CCN(CC)C(=O)CCCCC1=C[C@H]2C[C@@H](O)[C@H](C=C[C@@H](O)C3CCCC3)[C@H]2C1. The van der Waals surface area contributed by atoms with Crippen molar-refractivity contribution in [1.29, 1.82) is 0 Å². The molecule has 3 aliphatic rings. The minimum Gasteiger partial charge on any atom is -0.392 e. The lowest BCUT2D eigenvalue weighted by Crippen LogP contribution is -2.30. The maximum Gasteiger partial charge on any atom is 0.222 e. The van der Waals surface area contributed by atoms with Gasteiger partial charge in [0.05, 0.1) is 12.2 Å². The molecule has 3 rings (SSSR count). The molecule has 0 aromatic carbocycles. The highest BCUT2D eigenvalue weighted by Gasteiger charge is 2.43. The summed E-state index contributed by atoms with van der Waals surface area (Å²) in [5.41, 5.74) is 1.51. The quantitative estimate of drug-likeness (QED) is 0.418. The molecule has 164 valence electrons. The molecule has 0 aromatic heterocycles. The molecular weight excluding hydrogens is 362 g/mol. The number of carbonyl (C=O) groups is 1. The Morgan fingerprint density at radius 1 is 1.24 bits per heavy atom. The van der Waals surface area contributed by atoms with Gasteiger partial charge in [0, 0.05) is 25.4 Å². The van der Waals surface area contributed by atoms with E-state index < -0.39 is 0 Å². The van der Waals surface area contributed by atoms with E-state index in [1.165, 1.54) is 18.4 Å². The van der Waals surface area contributed by atoms with Crippen LogP contribution in [0.1, 0.15) is 78.1 Å². The molecule has 0 bridgehead atoms. The Morgan fingerprint density at radius 2 is 1.97 bits per heavy atom. The van der Waals surface area contributed by atoms with Gasteiger partial charge < -0.3 is 15.1 Å². The molecule has 2 fully saturated rings. The molecule has 29 heavy (non-hydrogen) atoms. The van der Waals surface area contributed by atoms with Crippen molar-refractivity contribution >= 4 is 5.91 Å². The van der Waals surface area contributed by atoms with Gasteiger partial charge >= 0.3 is 0 Å². The van der Waals surface area contributed by atoms with Crippen molar-refractivity contribution in [2.24, 2.45) is 23.7 Å². The van der Waals surface area contributed by atoms with Crippen molar-refractivity contribution in [3.63, 3.8) is 0 Å². The molecule has 0 radical (unpaired) electrons. The maximum absolute atomic E-state index is 12.1. The van der Waals surface area contributed by atoms with Crippen LogP contribution < -0.4 is 0 Å². The van der Waals surface area contributed by atoms with Gasteiger partial charge in [-0.3, -0.25) is 4.79 Å². The zero-order valence-electron chi connectivity index (χ0n) is 18.4. The lowest BCUT2D eigenvalue weighted by atomic mass is 9.88. The molecule has 0 aliphatic heterocycles. The first-order valence-corrected chi connectivity index (χ1v) is 12.0. The normalized spacial score (nSPS) is 30.7. The fourth-order valence-corrected chi connectivity index (χ4v) is 5.85. The molecule has 0 aromatic rings. The average Bonchev–Trinajstić information content (AvgIpc) is 3.42. The molecule has 2 saturated carbocycles. The van der Waals surface area contributed by atoms with Crippen LogP contribution in [0.3, 0.4) is 0 Å². The molecule has 0 heterocycles. The van der Waals surface area contributed by atoms with Crippen LogP contribution in [-0.4, -0.2) is 46.3 Å². The molecule has 0 saturated heterocycles.